The zero-order valence-electron chi connectivity index (χ0n) is 20.5. The lowest BCUT2D eigenvalue weighted by Gasteiger charge is -2.39. The summed E-state index contributed by atoms with van der Waals surface area (Å²) in [6, 6.07) is 5.84. The van der Waals surface area contributed by atoms with Crippen molar-refractivity contribution in [2.75, 3.05) is 12.9 Å². The monoisotopic (exact) mass is 503 g/mol. The van der Waals surface area contributed by atoms with Gasteiger partial charge < -0.3 is 23.7 Å². The summed E-state index contributed by atoms with van der Waals surface area (Å²) in [6.07, 6.45) is 0.462. The number of esters is 3. The fourth-order valence-electron chi connectivity index (χ4n) is 4.02. The van der Waals surface area contributed by atoms with Gasteiger partial charge in [-0.25, -0.2) is 0 Å². The molecule has 4 atom stereocenters. The summed E-state index contributed by atoms with van der Waals surface area (Å²) >= 11 is 1.29. The third-order valence-corrected chi connectivity index (χ3v) is 6.48. The van der Waals surface area contributed by atoms with Gasteiger partial charge in [-0.15, -0.1) is 11.8 Å². The highest BCUT2D eigenvalue weighted by molar-refractivity contribution is 7.99. The van der Waals surface area contributed by atoms with Crippen LogP contribution in [0.25, 0.3) is 11.1 Å². The number of carbonyl (C=O) groups is 3. The summed E-state index contributed by atoms with van der Waals surface area (Å²) in [4.78, 5) is 39.5. The summed E-state index contributed by atoms with van der Waals surface area (Å²) in [6.45, 7) is 7.69. The smallest absolute Gasteiger partial charge is 0.303 e. The number of benzene rings is 1. The van der Waals surface area contributed by atoms with Gasteiger partial charge in [-0.2, -0.15) is 0 Å². The Morgan fingerprint density at radius 2 is 1.46 bits per heavy atom. The third kappa shape index (κ3) is 6.66. The normalized spacial score (nSPS) is 21.5. The highest BCUT2D eigenvalue weighted by atomic mass is 32.2. The second kappa shape index (κ2) is 11.4. The number of hydrogen-bond acceptors (Lipinski definition) is 10. The fraction of sp³-hybridized carbons (Fsp3) is 0.440. The Hall–Kier alpha value is -3.27. The molecule has 0 aliphatic carbocycles. The molecule has 188 valence electrons. The SMILES string of the molecule is COc1c(C)cc(-c2cncc(O[C@@H]3SC[C@@H](OC(C)=O)[C@H](OC(C)=O)[C@H]3OC(C)=O)c2)cc1C. The Labute approximate surface area is 208 Å². The van der Waals surface area contributed by atoms with Crippen LogP contribution in [-0.2, 0) is 28.6 Å². The molecule has 0 spiro atoms. The van der Waals surface area contributed by atoms with E-state index < -0.39 is 41.7 Å². The molecule has 0 saturated carbocycles. The van der Waals surface area contributed by atoms with E-state index in [1.165, 1.54) is 32.5 Å². The van der Waals surface area contributed by atoms with Gasteiger partial charge in [-0.3, -0.25) is 19.4 Å². The number of hydrogen-bond donors (Lipinski definition) is 0. The summed E-state index contributed by atoms with van der Waals surface area (Å²) in [5.41, 5.74) is 3.03. The molecule has 10 heteroatoms. The quantitative estimate of drug-likeness (QED) is 0.410. The van der Waals surface area contributed by atoms with Gasteiger partial charge in [0.25, 0.3) is 0 Å². The van der Waals surface area contributed by atoms with Gasteiger partial charge in [-0.1, -0.05) is 0 Å². The number of carbonyl (C=O) groups excluding carboxylic acids is 3. The molecule has 1 aliphatic rings. The summed E-state index contributed by atoms with van der Waals surface area (Å²) < 4.78 is 27.8. The molecular weight excluding hydrogens is 474 g/mol. The van der Waals surface area contributed by atoms with Crippen molar-refractivity contribution >= 4 is 29.7 Å². The average Bonchev–Trinajstić information content (AvgIpc) is 2.76. The molecule has 1 aliphatic heterocycles. The topological polar surface area (TPSA) is 110 Å². The largest absolute Gasteiger partial charge is 0.496 e. The van der Waals surface area contributed by atoms with E-state index in [1.54, 1.807) is 19.5 Å². The van der Waals surface area contributed by atoms with Crippen molar-refractivity contribution < 1.29 is 38.1 Å². The highest BCUT2D eigenvalue weighted by Crippen LogP contribution is 2.36. The summed E-state index contributed by atoms with van der Waals surface area (Å²) in [7, 11) is 1.64. The Kier molecular flexibility index (Phi) is 8.61. The van der Waals surface area contributed by atoms with Crippen molar-refractivity contribution in [2.45, 2.75) is 58.4 Å². The average molecular weight is 504 g/mol. The zero-order valence-corrected chi connectivity index (χ0v) is 21.3. The number of aryl methyl sites for hydroxylation is 2. The van der Waals surface area contributed by atoms with E-state index in [-0.39, 0.29) is 5.75 Å². The van der Waals surface area contributed by atoms with Crippen LogP contribution in [-0.4, -0.2) is 59.5 Å². The molecule has 1 aromatic heterocycles. The van der Waals surface area contributed by atoms with Crippen LogP contribution in [0.1, 0.15) is 31.9 Å². The zero-order chi connectivity index (χ0) is 25.7. The van der Waals surface area contributed by atoms with Crippen molar-refractivity contribution in [3.05, 3.63) is 41.7 Å². The van der Waals surface area contributed by atoms with Gasteiger partial charge in [0.1, 0.15) is 11.5 Å². The molecule has 0 amide bonds. The maximum atomic E-state index is 11.9. The summed E-state index contributed by atoms with van der Waals surface area (Å²) in [5.74, 6) is -0.156. The number of nitrogens with zero attached hydrogens (tertiary/aromatic N) is 1. The van der Waals surface area contributed by atoms with Crippen LogP contribution in [0, 0.1) is 13.8 Å². The van der Waals surface area contributed by atoms with Gasteiger partial charge >= 0.3 is 17.9 Å². The predicted molar refractivity (Wildman–Crippen MR) is 129 cm³/mol. The third-order valence-electron chi connectivity index (χ3n) is 5.27. The maximum absolute atomic E-state index is 11.9. The molecule has 0 N–H and O–H groups in total. The van der Waals surface area contributed by atoms with Gasteiger partial charge in [0, 0.05) is 38.3 Å². The first-order chi connectivity index (χ1) is 16.6. The van der Waals surface area contributed by atoms with Gasteiger partial charge in [-0.05, 0) is 48.7 Å². The van der Waals surface area contributed by atoms with Crippen LogP contribution in [0.2, 0.25) is 0 Å². The molecular formula is C25H29NO8S. The molecule has 9 nitrogen and oxygen atoms in total. The van der Waals surface area contributed by atoms with E-state index in [4.69, 9.17) is 23.7 Å². The lowest BCUT2D eigenvalue weighted by molar-refractivity contribution is -0.186. The van der Waals surface area contributed by atoms with E-state index in [2.05, 4.69) is 4.98 Å². The molecule has 1 fully saturated rings. The maximum Gasteiger partial charge on any atom is 0.303 e. The molecule has 1 aromatic carbocycles. The van der Waals surface area contributed by atoms with Gasteiger partial charge in [0.2, 0.25) is 0 Å². The van der Waals surface area contributed by atoms with Crippen molar-refractivity contribution in [2.24, 2.45) is 0 Å². The summed E-state index contributed by atoms with van der Waals surface area (Å²) in [5, 5.41) is 0. The fourth-order valence-corrected chi connectivity index (χ4v) is 5.24. The minimum Gasteiger partial charge on any atom is -0.496 e. The number of aromatic nitrogens is 1. The van der Waals surface area contributed by atoms with Crippen molar-refractivity contribution in [3.63, 3.8) is 0 Å². The number of pyridine rings is 1. The molecule has 3 rings (SSSR count). The predicted octanol–water partition coefficient (Wildman–Crippen LogP) is 3.62. The molecule has 0 radical (unpaired) electrons. The second-order valence-corrected chi connectivity index (χ2v) is 9.30. The minimum absolute atomic E-state index is 0.282. The molecule has 35 heavy (non-hydrogen) atoms. The molecule has 1 saturated heterocycles. The first kappa shape index (κ1) is 26.3. The van der Waals surface area contributed by atoms with Gasteiger partial charge in [0.05, 0.1) is 13.3 Å². The first-order valence-corrected chi connectivity index (χ1v) is 12.0. The Morgan fingerprint density at radius 1 is 0.857 bits per heavy atom. The van der Waals surface area contributed by atoms with Crippen LogP contribution < -0.4 is 9.47 Å². The van der Waals surface area contributed by atoms with Crippen molar-refractivity contribution in [1.29, 1.82) is 0 Å². The lowest BCUT2D eigenvalue weighted by atomic mass is 10.0. The molecule has 0 bridgehead atoms. The molecule has 2 aromatic rings. The Bertz CT molecular complexity index is 1080. The number of thioether (sulfide) groups is 1. The van der Waals surface area contributed by atoms with Crippen molar-refractivity contribution in [3.8, 4) is 22.6 Å². The standard InChI is InChI=1S/C25H29NO8S/c1-13-7-18(8-14(2)22(13)30-6)19-9-20(11-26-10-19)34-25-24(33-17(5)29)23(32-16(4)28)21(12-35-25)31-15(3)27/h7-11,21,23-25H,12H2,1-6H3/t21-,23+,24-,25-/m1/s1. The number of methoxy groups -OCH3 is 1. The minimum atomic E-state index is -1.02. The molecule has 2 heterocycles. The molecule has 0 unspecified atom stereocenters. The number of rotatable bonds is 7. The van der Waals surface area contributed by atoms with Gasteiger partial charge in [0.15, 0.2) is 23.7 Å². The first-order valence-electron chi connectivity index (χ1n) is 11.0. The van der Waals surface area contributed by atoms with Crippen LogP contribution in [0.3, 0.4) is 0 Å². The van der Waals surface area contributed by atoms with E-state index in [0.29, 0.717) is 5.75 Å². The highest BCUT2D eigenvalue weighted by Gasteiger charge is 2.47. The van der Waals surface area contributed by atoms with Crippen LogP contribution in [0.15, 0.2) is 30.6 Å². The van der Waals surface area contributed by atoms with Crippen molar-refractivity contribution in [1.82, 2.24) is 4.98 Å². The van der Waals surface area contributed by atoms with E-state index in [1.807, 2.05) is 32.0 Å². The lowest BCUT2D eigenvalue weighted by Crippen LogP contribution is -2.55. The van der Waals surface area contributed by atoms with E-state index >= 15 is 0 Å². The van der Waals surface area contributed by atoms with E-state index in [0.717, 1.165) is 28.0 Å². The van der Waals surface area contributed by atoms with Crippen LogP contribution in [0.4, 0.5) is 0 Å². The van der Waals surface area contributed by atoms with Crippen LogP contribution >= 0.6 is 11.8 Å². The Morgan fingerprint density at radius 3 is 2.03 bits per heavy atom. The van der Waals surface area contributed by atoms with E-state index in [9.17, 15) is 14.4 Å². The van der Waals surface area contributed by atoms with Crippen LogP contribution in [0.5, 0.6) is 11.5 Å². The Balaban J connectivity index is 1.89. The number of ether oxygens (including phenoxy) is 5. The second-order valence-electron chi connectivity index (χ2n) is 8.17.